The number of nitrogens with two attached hydrogens (primary N) is 2. The summed E-state index contributed by atoms with van der Waals surface area (Å²) in [7, 11) is 0. The van der Waals surface area contributed by atoms with Crippen LogP contribution in [0.3, 0.4) is 0 Å². The maximum atomic E-state index is 12.8. The van der Waals surface area contributed by atoms with Gasteiger partial charge in [-0.1, -0.05) is 17.7 Å². The number of aryl methyl sites for hydroxylation is 2. The number of benzene rings is 1. The number of halogens is 1. The van der Waals surface area contributed by atoms with Crippen molar-refractivity contribution in [2.45, 2.75) is 33.5 Å². The van der Waals surface area contributed by atoms with Gasteiger partial charge in [0, 0.05) is 36.6 Å². The van der Waals surface area contributed by atoms with Gasteiger partial charge in [-0.15, -0.1) is 0 Å². The number of pyridine rings is 2. The number of imidazole rings is 1. The van der Waals surface area contributed by atoms with E-state index in [1.807, 2.05) is 42.7 Å². The van der Waals surface area contributed by atoms with Crippen molar-refractivity contribution in [3.8, 4) is 0 Å². The molecule has 0 saturated heterocycles. The van der Waals surface area contributed by atoms with Gasteiger partial charge in [0.1, 0.15) is 17.3 Å². The third-order valence-corrected chi connectivity index (χ3v) is 5.55. The molecule has 0 fully saturated rings. The van der Waals surface area contributed by atoms with Crippen LogP contribution >= 0.6 is 11.6 Å². The minimum Gasteiger partial charge on any atom is -0.384 e. The molecule has 1 amide bonds. The number of carbonyl (C=O) groups is 1. The summed E-state index contributed by atoms with van der Waals surface area (Å²) in [6, 6.07) is 9.62. The summed E-state index contributed by atoms with van der Waals surface area (Å²) in [4.78, 5) is 25.8. The fourth-order valence-corrected chi connectivity index (χ4v) is 3.89. The van der Waals surface area contributed by atoms with E-state index >= 15 is 0 Å². The number of hydrogen-bond donors (Lipinski definition) is 3. The average molecular weight is 450 g/mol. The molecule has 5 N–H and O–H groups in total. The molecule has 3 aromatic heterocycles. The Morgan fingerprint density at radius 2 is 2.00 bits per heavy atom. The molecule has 8 nitrogen and oxygen atoms in total. The van der Waals surface area contributed by atoms with E-state index in [0.717, 1.165) is 33.3 Å². The Hall–Kier alpha value is -3.49. The second kappa shape index (κ2) is 8.94. The van der Waals surface area contributed by atoms with Crippen molar-refractivity contribution in [1.82, 2.24) is 24.8 Å². The summed E-state index contributed by atoms with van der Waals surface area (Å²) in [5.74, 6) is 0.817. The SMILES string of the molecule is Cc1cc(N)nc(C)c1CNC(=O)c1cn(Cc2ccc3ncc(Cl)cc3c2)c(CN)n1. The number of hydrogen-bond acceptors (Lipinski definition) is 6. The van der Waals surface area contributed by atoms with Crippen molar-refractivity contribution < 1.29 is 4.79 Å². The number of nitrogens with zero attached hydrogens (tertiary/aromatic N) is 4. The molecular formula is C23H24ClN7O. The van der Waals surface area contributed by atoms with Gasteiger partial charge in [0.25, 0.3) is 5.91 Å². The van der Waals surface area contributed by atoms with Crippen LogP contribution in [0.25, 0.3) is 10.9 Å². The Balaban J connectivity index is 1.52. The van der Waals surface area contributed by atoms with Crippen LogP contribution in [0.4, 0.5) is 5.82 Å². The molecule has 9 heteroatoms. The molecule has 0 aliphatic rings. The lowest BCUT2D eigenvalue weighted by atomic mass is 10.1. The maximum absolute atomic E-state index is 12.8. The zero-order chi connectivity index (χ0) is 22.8. The van der Waals surface area contributed by atoms with Crippen LogP contribution in [0.15, 0.2) is 42.7 Å². The number of carbonyl (C=O) groups excluding carboxylic acids is 1. The Labute approximate surface area is 190 Å². The Kier molecular flexibility index (Phi) is 6.07. The molecule has 0 unspecified atom stereocenters. The molecule has 0 radical (unpaired) electrons. The monoisotopic (exact) mass is 449 g/mol. The Morgan fingerprint density at radius 1 is 1.19 bits per heavy atom. The van der Waals surface area contributed by atoms with Gasteiger partial charge in [0.15, 0.2) is 0 Å². The van der Waals surface area contributed by atoms with E-state index in [1.54, 1.807) is 18.5 Å². The summed E-state index contributed by atoms with van der Waals surface area (Å²) >= 11 is 6.07. The largest absolute Gasteiger partial charge is 0.384 e. The summed E-state index contributed by atoms with van der Waals surface area (Å²) in [5, 5.41) is 4.45. The van der Waals surface area contributed by atoms with Crippen LogP contribution in [0.5, 0.6) is 0 Å². The quantitative estimate of drug-likeness (QED) is 0.415. The van der Waals surface area contributed by atoms with Gasteiger partial charge in [-0.3, -0.25) is 9.78 Å². The molecule has 1 aromatic carbocycles. The van der Waals surface area contributed by atoms with Crippen LogP contribution in [0.1, 0.15) is 38.7 Å². The first-order valence-electron chi connectivity index (χ1n) is 10.1. The minimum atomic E-state index is -0.274. The lowest BCUT2D eigenvalue weighted by Crippen LogP contribution is -2.24. The molecule has 164 valence electrons. The van der Waals surface area contributed by atoms with Gasteiger partial charge in [-0.05, 0) is 54.8 Å². The highest BCUT2D eigenvalue weighted by Crippen LogP contribution is 2.20. The maximum Gasteiger partial charge on any atom is 0.271 e. The number of aromatic nitrogens is 4. The van der Waals surface area contributed by atoms with Crippen LogP contribution in [-0.2, 0) is 19.6 Å². The molecule has 0 saturated carbocycles. The van der Waals surface area contributed by atoms with E-state index in [1.165, 1.54) is 0 Å². The molecule has 0 aliphatic heterocycles. The molecule has 32 heavy (non-hydrogen) atoms. The van der Waals surface area contributed by atoms with Crippen molar-refractivity contribution >= 4 is 34.2 Å². The van der Waals surface area contributed by atoms with Crippen molar-refractivity contribution in [3.63, 3.8) is 0 Å². The number of amides is 1. The smallest absolute Gasteiger partial charge is 0.271 e. The molecule has 3 heterocycles. The second-order valence-electron chi connectivity index (χ2n) is 7.67. The molecule has 4 aromatic rings. The number of anilines is 1. The lowest BCUT2D eigenvalue weighted by Gasteiger charge is -2.10. The topological polar surface area (TPSA) is 125 Å². The summed E-state index contributed by atoms with van der Waals surface area (Å²) < 4.78 is 1.88. The van der Waals surface area contributed by atoms with Crippen LogP contribution in [0, 0.1) is 13.8 Å². The fourth-order valence-electron chi connectivity index (χ4n) is 3.73. The number of rotatable bonds is 6. The first kappa shape index (κ1) is 21.7. The minimum absolute atomic E-state index is 0.217. The van der Waals surface area contributed by atoms with E-state index < -0.39 is 0 Å². The first-order valence-corrected chi connectivity index (χ1v) is 10.5. The Morgan fingerprint density at radius 3 is 2.75 bits per heavy atom. The zero-order valence-corrected chi connectivity index (χ0v) is 18.6. The van der Waals surface area contributed by atoms with Crippen molar-refractivity contribution in [2.24, 2.45) is 5.73 Å². The van der Waals surface area contributed by atoms with E-state index in [-0.39, 0.29) is 12.5 Å². The number of fused-ring (bicyclic) bond motifs is 1. The van der Waals surface area contributed by atoms with Crippen LogP contribution in [-0.4, -0.2) is 25.4 Å². The zero-order valence-electron chi connectivity index (χ0n) is 17.9. The Bertz CT molecular complexity index is 1290. The van der Waals surface area contributed by atoms with E-state index in [0.29, 0.717) is 35.4 Å². The predicted molar refractivity (Wildman–Crippen MR) is 125 cm³/mol. The second-order valence-corrected chi connectivity index (χ2v) is 8.10. The fraction of sp³-hybridized carbons (Fsp3) is 0.217. The van der Waals surface area contributed by atoms with E-state index in [4.69, 9.17) is 23.1 Å². The van der Waals surface area contributed by atoms with E-state index in [9.17, 15) is 4.79 Å². The van der Waals surface area contributed by atoms with Gasteiger partial charge >= 0.3 is 0 Å². The highest BCUT2D eigenvalue weighted by Gasteiger charge is 2.15. The van der Waals surface area contributed by atoms with Gasteiger partial charge in [-0.25, -0.2) is 9.97 Å². The van der Waals surface area contributed by atoms with Crippen LogP contribution < -0.4 is 16.8 Å². The summed E-state index contributed by atoms with van der Waals surface area (Å²) in [5.41, 5.74) is 16.6. The normalized spacial score (nSPS) is 11.1. The van der Waals surface area contributed by atoms with Crippen molar-refractivity contribution in [1.29, 1.82) is 0 Å². The highest BCUT2D eigenvalue weighted by atomic mass is 35.5. The molecule has 0 atom stereocenters. The van der Waals surface area contributed by atoms with Crippen LogP contribution in [0.2, 0.25) is 5.02 Å². The predicted octanol–water partition coefficient (Wildman–Crippen LogP) is 3.12. The van der Waals surface area contributed by atoms with Gasteiger partial charge in [-0.2, -0.15) is 0 Å². The number of nitrogen functional groups attached to an aromatic ring is 1. The molecule has 0 aliphatic carbocycles. The van der Waals surface area contributed by atoms with E-state index in [2.05, 4.69) is 20.3 Å². The van der Waals surface area contributed by atoms with Crippen molar-refractivity contribution in [3.05, 3.63) is 81.7 Å². The number of nitrogens with one attached hydrogen (secondary N) is 1. The molecular weight excluding hydrogens is 426 g/mol. The summed E-state index contributed by atoms with van der Waals surface area (Å²) in [6.07, 6.45) is 3.35. The highest BCUT2D eigenvalue weighted by molar-refractivity contribution is 6.31. The van der Waals surface area contributed by atoms with Gasteiger partial charge in [0.2, 0.25) is 0 Å². The molecule has 0 spiro atoms. The third kappa shape index (κ3) is 4.56. The standard InChI is InChI=1S/C23H24ClN7O/c1-13-5-21(26)29-14(2)18(13)10-28-23(32)20-12-31(22(8-25)30-20)11-15-3-4-19-16(6-15)7-17(24)9-27-19/h3-7,9,12H,8,10-11,25H2,1-2H3,(H2,26,29)(H,28,32). The third-order valence-electron chi connectivity index (χ3n) is 5.34. The first-order chi connectivity index (χ1) is 15.3. The molecule has 4 rings (SSSR count). The van der Waals surface area contributed by atoms with Gasteiger partial charge < -0.3 is 21.4 Å². The van der Waals surface area contributed by atoms with Crippen molar-refractivity contribution in [2.75, 3.05) is 5.73 Å². The average Bonchev–Trinajstić information content (AvgIpc) is 3.15. The summed E-state index contributed by atoms with van der Waals surface area (Å²) in [6.45, 7) is 4.90. The van der Waals surface area contributed by atoms with Gasteiger partial charge in [0.05, 0.1) is 17.1 Å². The molecule has 0 bridgehead atoms. The lowest BCUT2D eigenvalue weighted by molar-refractivity contribution is 0.0946.